The van der Waals surface area contributed by atoms with Crippen LogP contribution in [0.5, 0.6) is 0 Å². The summed E-state index contributed by atoms with van der Waals surface area (Å²) in [6, 6.07) is 0. The van der Waals surface area contributed by atoms with E-state index in [1.54, 1.807) is 16.8 Å². The molecule has 0 aromatic carbocycles. The highest BCUT2D eigenvalue weighted by atomic mass is 32.1. The second-order valence-corrected chi connectivity index (χ2v) is 5.14. The number of nitrogens with zero attached hydrogens (tertiary/aromatic N) is 2. The van der Waals surface area contributed by atoms with E-state index >= 15 is 0 Å². The Morgan fingerprint density at radius 2 is 1.94 bits per heavy atom. The fourth-order valence-corrected chi connectivity index (χ4v) is 2.62. The van der Waals surface area contributed by atoms with Crippen LogP contribution in [0.2, 0.25) is 0 Å². The van der Waals surface area contributed by atoms with E-state index in [0.717, 1.165) is 0 Å². The summed E-state index contributed by atoms with van der Waals surface area (Å²) in [6.45, 7) is 5.04. The number of thiocarbonyl (C=S) groups is 1. The third kappa shape index (κ3) is 2.48. The van der Waals surface area contributed by atoms with Crippen LogP contribution in [0, 0.1) is 5.41 Å². The number of hydrogen-bond acceptors (Lipinski definition) is 3. The molecule has 0 radical (unpaired) electrons. The molecule has 0 spiro atoms. The number of rotatable bonds is 4. The first-order valence-corrected chi connectivity index (χ1v) is 6.63. The Morgan fingerprint density at radius 3 is 2.33 bits per heavy atom. The predicted octanol–water partition coefficient (Wildman–Crippen LogP) is 0.380. The zero-order chi connectivity index (χ0) is 13.9. The topological polar surface area (TPSA) is 66.6 Å². The van der Waals surface area contributed by atoms with Crippen LogP contribution >= 0.6 is 12.2 Å². The number of likely N-dealkylation sites (N-methyl/N-ethyl adjacent to an activating group) is 1. The standard InChI is InChI=1S/C12H21N3O2S/c1-4-12(5-2,10(13)18)11(17)15-7-6-14(3)9(16)8-15/h4-8H2,1-3H3,(H2,13,18). The van der Waals surface area contributed by atoms with Gasteiger partial charge < -0.3 is 15.5 Å². The fourth-order valence-electron chi connectivity index (χ4n) is 2.24. The van der Waals surface area contributed by atoms with Crippen molar-refractivity contribution in [3.63, 3.8) is 0 Å². The number of nitrogens with two attached hydrogens (primary N) is 1. The predicted molar refractivity (Wildman–Crippen MR) is 74.0 cm³/mol. The van der Waals surface area contributed by atoms with Crippen LogP contribution in [0.1, 0.15) is 26.7 Å². The fraction of sp³-hybridized carbons (Fsp3) is 0.750. The molecule has 2 N–H and O–H groups in total. The highest BCUT2D eigenvalue weighted by molar-refractivity contribution is 7.80. The van der Waals surface area contributed by atoms with Crippen molar-refractivity contribution >= 4 is 29.0 Å². The summed E-state index contributed by atoms with van der Waals surface area (Å²) in [5.74, 6) is -0.153. The summed E-state index contributed by atoms with van der Waals surface area (Å²) in [4.78, 5) is 27.6. The average Bonchev–Trinajstić information content (AvgIpc) is 2.34. The first-order valence-electron chi connectivity index (χ1n) is 6.22. The van der Waals surface area contributed by atoms with Crippen LogP contribution in [0.3, 0.4) is 0 Å². The molecule has 0 saturated carbocycles. The molecule has 0 unspecified atom stereocenters. The van der Waals surface area contributed by atoms with E-state index < -0.39 is 5.41 Å². The van der Waals surface area contributed by atoms with Crippen molar-refractivity contribution < 1.29 is 9.59 Å². The third-order valence-corrected chi connectivity index (χ3v) is 4.22. The van der Waals surface area contributed by atoms with Crippen molar-refractivity contribution in [2.75, 3.05) is 26.7 Å². The number of carbonyl (C=O) groups is 2. The SMILES string of the molecule is CCC(CC)(C(=O)N1CCN(C)C(=O)C1)C(N)=S. The molecule has 1 fully saturated rings. The number of amides is 2. The molecule has 1 aliphatic rings. The molecule has 1 saturated heterocycles. The van der Waals surface area contributed by atoms with E-state index in [-0.39, 0.29) is 23.3 Å². The van der Waals surface area contributed by atoms with Crippen LogP contribution in [0.15, 0.2) is 0 Å². The smallest absolute Gasteiger partial charge is 0.241 e. The molecule has 0 atom stereocenters. The summed E-state index contributed by atoms with van der Waals surface area (Å²) in [5, 5.41) is 0. The van der Waals surface area contributed by atoms with Crippen molar-refractivity contribution in [3.05, 3.63) is 0 Å². The first kappa shape index (κ1) is 14.9. The van der Waals surface area contributed by atoms with Gasteiger partial charge in [-0.3, -0.25) is 9.59 Å². The number of carbonyl (C=O) groups excluding carboxylic acids is 2. The van der Waals surface area contributed by atoms with Crippen molar-refractivity contribution in [1.29, 1.82) is 0 Å². The molecule has 2 amide bonds. The van der Waals surface area contributed by atoms with Gasteiger partial charge in [-0.15, -0.1) is 0 Å². The zero-order valence-corrected chi connectivity index (χ0v) is 12.0. The van der Waals surface area contributed by atoms with Gasteiger partial charge in [-0.2, -0.15) is 0 Å². The van der Waals surface area contributed by atoms with Gasteiger partial charge in [0.25, 0.3) is 0 Å². The minimum Gasteiger partial charge on any atom is -0.392 e. The number of hydrogen-bond donors (Lipinski definition) is 1. The van der Waals surface area contributed by atoms with E-state index in [4.69, 9.17) is 18.0 Å². The minimum absolute atomic E-state index is 0.0429. The third-order valence-electron chi connectivity index (χ3n) is 3.83. The molecule has 1 heterocycles. The van der Waals surface area contributed by atoms with E-state index in [9.17, 15) is 9.59 Å². The maximum absolute atomic E-state index is 12.6. The van der Waals surface area contributed by atoms with Gasteiger partial charge in [0.05, 0.1) is 16.9 Å². The van der Waals surface area contributed by atoms with Crippen LogP contribution in [-0.4, -0.2) is 53.3 Å². The Labute approximate surface area is 113 Å². The van der Waals surface area contributed by atoms with Crippen molar-refractivity contribution in [3.8, 4) is 0 Å². The Kier molecular flexibility index (Phi) is 4.67. The molecule has 0 bridgehead atoms. The first-order chi connectivity index (χ1) is 8.39. The zero-order valence-electron chi connectivity index (χ0n) is 11.2. The molecule has 1 rings (SSSR count). The van der Waals surface area contributed by atoms with Gasteiger partial charge in [0.15, 0.2) is 0 Å². The Bertz CT molecular complexity index is 366. The van der Waals surface area contributed by atoms with Crippen LogP contribution < -0.4 is 5.73 Å². The van der Waals surface area contributed by atoms with Crippen molar-refractivity contribution in [2.24, 2.45) is 11.1 Å². The lowest BCUT2D eigenvalue weighted by atomic mass is 9.80. The van der Waals surface area contributed by atoms with Crippen LogP contribution in [0.4, 0.5) is 0 Å². The molecular weight excluding hydrogens is 250 g/mol. The van der Waals surface area contributed by atoms with Gasteiger partial charge in [-0.25, -0.2) is 0 Å². The molecule has 0 aromatic rings. The maximum Gasteiger partial charge on any atom is 0.241 e. The summed E-state index contributed by atoms with van der Waals surface area (Å²) < 4.78 is 0. The van der Waals surface area contributed by atoms with Gasteiger partial charge in [0.1, 0.15) is 0 Å². The maximum atomic E-state index is 12.6. The molecule has 0 aromatic heterocycles. The van der Waals surface area contributed by atoms with Gasteiger partial charge in [0.2, 0.25) is 11.8 Å². The average molecular weight is 271 g/mol. The van der Waals surface area contributed by atoms with Crippen molar-refractivity contribution in [1.82, 2.24) is 9.80 Å². The summed E-state index contributed by atoms with van der Waals surface area (Å²) in [6.07, 6.45) is 1.14. The molecule has 1 aliphatic heterocycles. The monoisotopic (exact) mass is 271 g/mol. The molecule has 5 nitrogen and oxygen atoms in total. The van der Waals surface area contributed by atoms with Crippen LogP contribution in [0.25, 0.3) is 0 Å². The molecular formula is C12H21N3O2S. The lowest BCUT2D eigenvalue weighted by Crippen LogP contribution is -2.57. The summed E-state index contributed by atoms with van der Waals surface area (Å²) in [5.41, 5.74) is 4.95. The highest BCUT2D eigenvalue weighted by Gasteiger charge is 2.42. The second-order valence-electron chi connectivity index (χ2n) is 4.70. The molecule has 6 heteroatoms. The van der Waals surface area contributed by atoms with E-state index in [1.165, 1.54) is 0 Å². The van der Waals surface area contributed by atoms with Gasteiger partial charge in [-0.05, 0) is 12.8 Å². The minimum atomic E-state index is -0.800. The quantitative estimate of drug-likeness (QED) is 0.751. The van der Waals surface area contributed by atoms with Crippen LogP contribution in [-0.2, 0) is 9.59 Å². The van der Waals surface area contributed by atoms with Gasteiger partial charge in [0, 0.05) is 20.1 Å². The second kappa shape index (κ2) is 5.65. The Balaban J connectivity index is 2.91. The van der Waals surface area contributed by atoms with Gasteiger partial charge >= 0.3 is 0 Å². The molecule has 102 valence electrons. The van der Waals surface area contributed by atoms with Gasteiger partial charge in [-0.1, -0.05) is 26.1 Å². The largest absolute Gasteiger partial charge is 0.392 e. The lowest BCUT2D eigenvalue weighted by molar-refractivity contribution is -0.148. The molecule has 0 aliphatic carbocycles. The Morgan fingerprint density at radius 1 is 1.39 bits per heavy atom. The Hall–Kier alpha value is -1.17. The van der Waals surface area contributed by atoms with E-state index in [2.05, 4.69) is 0 Å². The number of piperazine rings is 1. The summed E-state index contributed by atoms with van der Waals surface area (Å²) in [7, 11) is 1.74. The normalized spacial score (nSPS) is 16.9. The molecule has 18 heavy (non-hydrogen) atoms. The highest BCUT2D eigenvalue weighted by Crippen LogP contribution is 2.30. The van der Waals surface area contributed by atoms with E-state index in [1.807, 2.05) is 13.8 Å². The summed E-state index contributed by atoms with van der Waals surface area (Å²) >= 11 is 5.06. The van der Waals surface area contributed by atoms with E-state index in [0.29, 0.717) is 25.9 Å². The van der Waals surface area contributed by atoms with Crippen molar-refractivity contribution in [2.45, 2.75) is 26.7 Å². The lowest BCUT2D eigenvalue weighted by Gasteiger charge is -2.38.